The molecule has 2 N–H and O–H groups in total. The Bertz CT molecular complexity index is 1140. The summed E-state index contributed by atoms with van der Waals surface area (Å²) in [6.45, 7) is 2.31. The first-order valence-electron chi connectivity index (χ1n) is 12.4. The molecule has 0 spiro atoms. The van der Waals surface area contributed by atoms with Crippen molar-refractivity contribution in [3.63, 3.8) is 0 Å². The van der Waals surface area contributed by atoms with Crippen LogP contribution in [0.4, 0.5) is 0 Å². The van der Waals surface area contributed by atoms with Crippen molar-refractivity contribution in [3.8, 4) is 11.5 Å². The van der Waals surface area contributed by atoms with Crippen LogP contribution in [0, 0.1) is 0 Å². The van der Waals surface area contributed by atoms with Crippen LogP contribution in [0.25, 0.3) is 0 Å². The average molecular weight is 498 g/mol. The van der Waals surface area contributed by atoms with E-state index in [-0.39, 0.29) is 36.0 Å². The molecular formula is C26H35N5O5. The van der Waals surface area contributed by atoms with E-state index in [0.29, 0.717) is 30.2 Å². The summed E-state index contributed by atoms with van der Waals surface area (Å²) < 4.78 is 12.1. The summed E-state index contributed by atoms with van der Waals surface area (Å²) in [4.78, 5) is 40.6. The molecule has 1 atom stereocenters. The number of fused-ring (bicyclic) bond motifs is 1. The summed E-state index contributed by atoms with van der Waals surface area (Å²) in [7, 11) is 4.78. The van der Waals surface area contributed by atoms with Gasteiger partial charge in [0.05, 0.1) is 20.8 Å². The van der Waals surface area contributed by atoms with E-state index >= 15 is 0 Å². The second kappa shape index (κ2) is 10.6. The number of aromatic nitrogens is 2. The highest BCUT2D eigenvalue weighted by molar-refractivity contribution is 6.01. The minimum atomic E-state index is -1.09. The maximum atomic E-state index is 13.2. The van der Waals surface area contributed by atoms with E-state index in [2.05, 4.69) is 15.7 Å². The topological polar surface area (TPSA) is 115 Å². The molecule has 2 heterocycles. The highest BCUT2D eigenvalue weighted by atomic mass is 16.5. The molecule has 2 aromatic rings. The smallest absolute Gasteiger partial charge is 0.272 e. The molecule has 0 unspecified atom stereocenters. The number of nitrogens with one attached hydrogen (secondary N) is 2. The van der Waals surface area contributed by atoms with Crippen LogP contribution in [0.5, 0.6) is 11.5 Å². The molecular weight excluding hydrogens is 462 g/mol. The second-order valence-electron chi connectivity index (χ2n) is 9.71. The number of methoxy groups -OCH3 is 2. The lowest BCUT2D eigenvalue weighted by molar-refractivity contribution is -0.133. The molecule has 1 fully saturated rings. The predicted octanol–water partition coefficient (Wildman–Crippen LogP) is 2.17. The van der Waals surface area contributed by atoms with Crippen LogP contribution in [0.2, 0.25) is 0 Å². The van der Waals surface area contributed by atoms with Crippen LogP contribution in [0.15, 0.2) is 24.3 Å². The molecule has 2 aliphatic rings. The van der Waals surface area contributed by atoms with Crippen LogP contribution in [-0.4, -0.2) is 71.8 Å². The monoisotopic (exact) mass is 497 g/mol. The van der Waals surface area contributed by atoms with Crippen LogP contribution in [-0.2, 0) is 17.8 Å². The Morgan fingerprint density at radius 1 is 1.11 bits per heavy atom. The lowest BCUT2D eigenvalue weighted by Crippen LogP contribution is -2.63. The van der Waals surface area contributed by atoms with Crippen molar-refractivity contribution in [2.75, 3.05) is 27.8 Å². The van der Waals surface area contributed by atoms with Gasteiger partial charge in [-0.25, -0.2) is 0 Å². The summed E-state index contributed by atoms with van der Waals surface area (Å²) in [5.41, 5.74) is 0.337. The Labute approximate surface area is 211 Å². The minimum absolute atomic E-state index is 0.137. The Hall–Kier alpha value is -3.56. The number of ether oxygens (including phenoxy) is 2. The van der Waals surface area contributed by atoms with Gasteiger partial charge in [-0.2, -0.15) is 5.10 Å². The van der Waals surface area contributed by atoms with Crippen molar-refractivity contribution in [2.24, 2.45) is 0 Å². The Morgan fingerprint density at radius 3 is 2.53 bits per heavy atom. The quantitative estimate of drug-likeness (QED) is 0.578. The normalized spacial score (nSPS) is 20.0. The number of hydrogen-bond donors (Lipinski definition) is 2. The molecule has 1 aliphatic heterocycles. The van der Waals surface area contributed by atoms with E-state index in [4.69, 9.17) is 9.47 Å². The summed E-state index contributed by atoms with van der Waals surface area (Å²) in [6, 6.07) is 7.23. The molecule has 1 aromatic carbocycles. The number of benzene rings is 1. The van der Waals surface area contributed by atoms with Gasteiger partial charge in [-0.1, -0.05) is 25.3 Å². The van der Waals surface area contributed by atoms with Gasteiger partial charge >= 0.3 is 0 Å². The highest BCUT2D eigenvalue weighted by Gasteiger charge is 2.46. The SMILES string of the molecule is COc1ccc(CCNC(=O)c2cc3n(n2)C[C@](C)(C(=O)NC2CCCCC2)N(C)C3=O)cc1OC. The molecule has 0 bridgehead atoms. The van der Waals surface area contributed by atoms with Crippen molar-refractivity contribution in [2.45, 2.75) is 63.6 Å². The summed E-state index contributed by atoms with van der Waals surface area (Å²) in [6.07, 6.45) is 5.90. The van der Waals surface area contributed by atoms with Crippen LogP contribution in [0.3, 0.4) is 0 Å². The molecule has 10 nitrogen and oxygen atoms in total. The van der Waals surface area contributed by atoms with Crippen molar-refractivity contribution < 1.29 is 23.9 Å². The fourth-order valence-corrected chi connectivity index (χ4v) is 4.87. The van der Waals surface area contributed by atoms with Crippen LogP contribution < -0.4 is 20.1 Å². The third kappa shape index (κ3) is 5.03. The van der Waals surface area contributed by atoms with Gasteiger partial charge in [-0.05, 0) is 43.9 Å². The van der Waals surface area contributed by atoms with Gasteiger partial charge in [-0.3, -0.25) is 19.1 Å². The van der Waals surface area contributed by atoms with Gasteiger partial charge < -0.3 is 25.0 Å². The molecule has 10 heteroatoms. The predicted molar refractivity (Wildman–Crippen MR) is 133 cm³/mol. The zero-order chi connectivity index (χ0) is 25.9. The maximum absolute atomic E-state index is 13.2. The number of likely N-dealkylation sites (N-methyl/N-ethyl adjacent to an activating group) is 1. The Kier molecular flexibility index (Phi) is 7.51. The minimum Gasteiger partial charge on any atom is -0.493 e. The van der Waals surface area contributed by atoms with E-state index < -0.39 is 5.54 Å². The molecule has 1 aromatic heterocycles. The zero-order valence-electron chi connectivity index (χ0n) is 21.4. The molecule has 194 valence electrons. The Balaban J connectivity index is 1.40. The summed E-state index contributed by atoms with van der Waals surface area (Å²) in [5.74, 6) is 0.372. The first-order chi connectivity index (χ1) is 17.3. The largest absolute Gasteiger partial charge is 0.493 e. The number of amides is 3. The third-order valence-electron chi connectivity index (χ3n) is 7.31. The van der Waals surface area contributed by atoms with Gasteiger partial charge in [0.1, 0.15) is 11.2 Å². The maximum Gasteiger partial charge on any atom is 0.272 e. The summed E-state index contributed by atoms with van der Waals surface area (Å²) in [5, 5.41) is 10.4. The molecule has 4 rings (SSSR count). The average Bonchev–Trinajstić information content (AvgIpc) is 3.31. The fourth-order valence-electron chi connectivity index (χ4n) is 4.87. The van der Waals surface area contributed by atoms with Gasteiger partial charge in [0.25, 0.3) is 11.8 Å². The number of carbonyl (C=O) groups is 3. The first kappa shape index (κ1) is 25.5. The second-order valence-corrected chi connectivity index (χ2v) is 9.71. The number of nitrogens with zero attached hydrogens (tertiary/aromatic N) is 3. The van der Waals surface area contributed by atoms with Gasteiger partial charge in [-0.15, -0.1) is 0 Å². The van der Waals surface area contributed by atoms with E-state index in [1.807, 2.05) is 18.2 Å². The number of carbonyl (C=O) groups excluding carboxylic acids is 3. The molecule has 1 aliphatic carbocycles. The van der Waals surface area contributed by atoms with Crippen molar-refractivity contribution >= 4 is 17.7 Å². The lowest BCUT2D eigenvalue weighted by atomic mass is 9.92. The third-order valence-corrected chi connectivity index (χ3v) is 7.31. The first-order valence-corrected chi connectivity index (χ1v) is 12.4. The molecule has 0 radical (unpaired) electrons. The van der Waals surface area contributed by atoms with Crippen molar-refractivity contribution in [3.05, 3.63) is 41.2 Å². The van der Waals surface area contributed by atoms with Gasteiger partial charge in [0.15, 0.2) is 17.2 Å². The Morgan fingerprint density at radius 2 is 1.83 bits per heavy atom. The molecule has 1 saturated carbocycles. The fraction of sp³-hybridized carbons (Fsp3) is 0.538. The van der Waals surface area contributed by atoms with E-state index in [9.17, 15) is 14.4 Å². The van der Waals surface area contributed by atoms with E-state index in [1.54, 1.807) is 28.2 Å². The van der Waals surface area contributed by atoms with Crippen LogP contribution in [0.1, 0.15) is 65.6 Å². The van der Waals surface area contributed by atoms with Crippen molar-refractivity contribution in [1.29, 1.82) is 0 Å². The number of hydrogen-bond acceptors (Lipinski definition) is 6. The highest BCUT2D eigenvalue weighted by Crippen LogP contribution is 2.28. The van der Waals surface area contributed by atoms with Crippen LogP contribution >= 0.6 is 0 Å². The molecule has 0 saturated heterocycles. The summed E-state index contributed by atoms with van der Waals surface area (Å²) >= 11 is 0. The lowest BCUT2D eigenvalue weighted by Gasteiger charge is -2.41. The standard InChI is InChI=1S/C26H35N5O5/c1-26(25(34)28-18-8-6-5-7-9-18)16-31-20(24(33)30(26)2)15-19(29-31)23(32)27-13-12-17-10-11-21(35-3)22(14-17)36-4/h10-11,14-15,18H,5-9,12-13,16H2,1-4H3,(H,27,32)(H,28,34)/t26-/m1/s1. The van der Waals surface area contributed by atoms with E-state index in [1.165, 1.54) is 22.1 Å². The van der Waals surface area contributed by atoms with E-state index in [0.717, 1.165) is 31.2 Å². The van der Waals surface area contributed by atoms with Crippen molar-refractivity contribution in [1.82, 2.24) is 25.3 Å². The number of rotatable bonds is 8. The van der Waals surface area contributed by atoms with Gasteiger partial charge in [0, 0.05) is 25.7 Å². The molecule has 36 heavy (non-hydrogen) atoms. The zero-order valence-corrected chi connectivity index (χ0v) is 21.4. The van der Waals surface area contributed by atoms with Gasteiger partial charge in [0.2, 0.25) is 5.91 Å². The molecule has 3 amide bonds.